The summed E-state index contributed by atoms with van der Waals surface area (Å²) in [6, 6.07) is 17.3. The summed E-state index contributed by atoms with van der Waals surface area (Å²) < 4.78 is 10.6. The van der Waals surface area contributed by atoms with Crippen LogP contribution in [0.2, 0.25) is 5.02 Å². The zero-order chi connectivity index (χ0) is 26.9. The summed E-state index contributed by atoms with van der Waals surface area (Å²) in [6.45, 7) is 3.38. The quantitative estimate of drug-likeness (QED) is 0.166. The molecule has 0 aliphatic carbocycles. The Balaban J connectivity index is 1.76. The van der Waals surface area contributed by atoms with E-state index >= 15 is 0 Å². The number of nitrogens with one attached hydrogen (secondary N) is 2. The Labute approximate surface area is 217 Å². The fourth-order valence-corrected chi connectivity index (χ4v) is 3.32. The SMILES string of the molecule is CC(C)[C@H](NC(=O)OCc1ccccc1)C(=O)Oc1ccc([N+](=O)[O-])cc1C(=O)Nc1ccc(Cl)cc1. The smallest absolute Gasteiger partial charge is 0.408 e. The van der Waals surface area contributed by atoms with Crippen molar-refractivity contribution >= 4 is 40.9 Å². The number of hydrogen-bond donors (Lipinski definition) is 2. The van der Waals surface area contributed by atoms with Gasteiger partial charge in [-0.1, -0.05) is 55.8 Å². The zero-order valence-electron chi connectivity index (χ0n) is 20.0. The van der Waals surface area contributed by atoms with Crippen molar-refractivity contribution in [3.05, 3.63) is 99.1 Å². The molecule has 0 heterocycles. The van der Waals surface area contributed by atoms with Crippen molar-refractivity contribution in [1.29, 1.82) is 0 Å². The maximum atomic E-state index is 13.0. The largest absolute Gasteiger partial charge is 0.445 e. The molecular formula is C26H24ClN3O7. The van der Waals surface area contributed by atoms with Gasteiger partial charge < -0.3 is 20.1 Å². The molecule has 3 rings (SSSR count). The van der Waals surface area contributed by atoms with Crippen molar-refractivity contribution in [3.8, 4) is 5.75 Å². The molecule has 3 aromatic rings. The minimum atomic E-state index is -1.12. The summed E-state index contributed by atoms with van der Waals surface area (Å²) in [4.78, 5) is 48.8. The van der Waals surface area contributed by atoms with Crippen LogP contribution in [0.3, 0.4) is 0 Å². The van der Waals surface area contributed by atoms with Gasteiger partial charge in [-0.15, -0.1) is 0 Å². The Hall–Kier alpha value is -4.44. The van der Waals surface area contributed by atoms with Crippen LogP contribution in [-0.2, 0) is 16.1 Å². The molecule has 0 saturated heterocycles. The Morgan fingerprint density at radius 2 is 1.68 bits per heavy atom. The molecule has 0 radical (unpaired) electrons. The molecule has 1 atom stereocenters. The Kier molecular flexibility index (Phi) is 9.17. The van der Waals surface area contributed by atoms with E-state index in [1.807, 2.05) is 6.07 Å². The normalized spacial score (nSPS) is 11.4. The molecule has 0 saturated carbocycles. The van der Waals surface area contributed by atoms with E-state index in [2.05, 4.69) is 10.6 Å². The minimum absolute atomic E-state index is 0.00388. The van der Waals surface area contributed by atoms with Gasteiger partial charge in [0.15, 0.2) is 0 Å². The van der Waals surface area contributed by atoms with Gasteiger partial charge in [0.1, 0.15) is 18.4 Å². The number of non-ortho nitro benzene ring substituents is 1. The number of carbonyl (C=O) groups is 3. The number of amides is 2. The molecular weight excluding hydrogens is 502 g/mol. The van der Waals surface area contributed by atoms with Gasteiger partial charge in [-0.05, 0) is 41.8 Å². The first-order chi connectivity index (χ1) is 17.6. The van der Waals surface area contributed by atoms with Crippen LogP contribution in [-0.4, -0.2) is 28.9 Å². The first-order valence-electron chi connectivity index (χ1n) is 11.2. The van der Waals surface area contributed by atoms with E-state index in [1.54, 1.807) is 62.4 Å². The fraction of sp³-hybridized carbons (Fsp3) is 0.192. The first-order valence-corrected chi connectivity index (χ1v) is 11.6. The fourth-order valence-electron chi connectivity index (χ4n) is 3.19. The number of carbonyl (C=O) groups excluding carboxylic acids is 3. The van der Waals surface area contributed by atoms with Crippen molar-refractivity contribution in [3.63, 3.8) is 0 Å². The standard InChI is InChI=1S/C26H24ClN3O7/c1-16(2)23(29-26(33)36-15-17-6-4-3-5-7-17)25(32)37-22-13-12-20(30(34)35)14-21(22)24(31)28-19-10-8-18(27)9-11-19/h3-14,16,23H,15H2,1-2H3,(H,28,31)(H,29,33)/t23-/m0/s1. The number of anilines is 1. The molecule has 0 aromatic heterocycles. The number of halogens is 1. The van der Waals surface area contributed by atoms with Gasteiger partial charge in [-0.2, -0.15) is 0 Å². The van der Waals surface area contributed by atoms with Crippen LogP contribution in [0.1, 0.15) is 29.8 Å². The minimum Gasteiger partial charge on any atom is -0.445 e. The van der Waals surface area contributed by atoms with E-state index < -0.39 is 34.9 Å². The highest BCUT2D eigenvalue weighted by Gasteiger charge is 2.29. The summed E-state index contributed by atoms with van der Waals surface area (Å²) in [5.41, 5.74) is 0.528. The molecule has 0 spiro atoms. The highest BCUT2D eigenvalue weighted by Crippen LogP contribution is 2.26. The van der Waals surface area contributed by atoms with E-state index in [-0.39, 0.29) is 23.6 Å². The van der Waals surface area contributed by atoms with Crippen LogP contribution in [0.25, 0.3) is 0 Å². The number of ether oxygens (including phenoxy) is 2. The van der Waals surface area contributed by atoms with Gasteiger partial charge in [-0.25, -0.2) is 9.59 Å². The molecule has 3 aromatic carbocycles. The van der Waals surface area contributed by atoms with Gasteiger partial charge in [0.2, 0.25) is 0 Å². The van der Waals surface area contributed by atoms with Crippen molar-refractivity contribution in [2.45, 2.75) is 26.5 Å². The second-order valence-electron chi connectivity index (χ2n) is 8.25. The number of nitro benzene ring substituents is 1. The Morgan fingerprint density at radius 1 is 1.00 bits per heavy atom. The topological polar surface area (TPSA) is 137 Å². The number of nitro groups is 1. The van der Waals surface area contributed by atoms with E-state index in [0.717, 1.165) is 23.8 Å². The number of nitrogens with zero attached hydrogens (tertiary/aromatic N) is 1. The maximum Gasteiger partial charge on any atom is 0.408 e. The van der Waals surface area contributed by atoms with E-state index in [9.17, 15) is 24.5 Å². The first kappa shape index (κ1) is 27.2. The van der Waals surface area contributed by atoms with Crippen molar-refractivity contribution in [1.82, 2.24) is 5.32 Å². The molecule has 37 heavy (non-hydrogen) atoms. The highest BCUT2D eigenvalue weighted by molar-refractivity contribution is 6.30. The number of rotatable bonds is 9. The third-order valence-corrected chi connectivity index (χ3v) is 5.39. The molecule has 0 aliphatic rings. The van der Waals surface area contributed by atoms with Gasteiger partial charge in [0.25, 0.3) is 11.6 Å². The van der Waals surface area contributed by atoms with Crippen LogP contribution in [0, 0.1) is 16.0 Å². The molecule has 0 unspecified atom stereocenters. The summed E-state index contributed by atoms with van der Waals surface area (Å²) in [5.74, 6) is -2.24. The van der Waals surface area contributed by atoms with Crippen LogP contribution in [0.5, 0.6) is 5.75 Å². The summed E-state index contributed by atoms with van der Waals surface area (Å²) >= 11 is 5.86. The predicted molar refractivity (Wildman–Crippen MR) is 137 cm³/mol. The second-order valence-corrected chi connectivity index (χ2v) is 8.68. The highest BCUT2D eigenvalue weighted by atomic mass is 35.5. The number of benzene rings is 3. The molecule has 10 nitrogen and oxygen atoms in total. The van der Waals surface area contributed by atoms with Gasteiger partial charge in [-0.3, -0.25) is 14.9 Å². The molecule has 11 heteroatoms. The number of hydrogen-bond acceptors (Lipinski definition) is 7. The predicted octanol–water partition coefficient (Wildman–Crippen LogP) is 5.36. The van der Waals surface area contributed by atoms with E-state index in [1.165, 1.54) is 0 Å². The summed E-state index contributed by atoms with van der Waals surface area (Å²) in [5, 5.41) is 16.8. The molecule has 0 fully saturated rings. The second kappa shape index (κ2) is 12.5. The van der Waals surface area contributed by atoms with E-state index in [0.29, 0.717) is 10.7 Å². The summed E-state index contributed by atoms with van der Waals surface area (Å²) in [7, 11) is 0. The monoisotopic (exact) mass is 525 g/mol. The lowest BCUT2D eigenvalue weighted by Crippen LogP contribution is -2.46. The van der Waals surface area contributed by atoms with Crippen LogP contribution < -0.4 is 15.4 Å². The maximum absolute atomic E-state index is 13.0. The Bertz CT molecular complexity index is 1280. The molecule has 2 amide bonds. The average Bonchev–Trinajstić information content (AvgIpc) is 2.87. The lowest BCUT2D eigenvalue weighted by molar-refractivity contribution is -0.384. The molecule has 0 aliphatic heterocycles. The summed E-state index contributed by atoms with van der Waals surface area (Å²) in [6.07, 6.45) is -0.830. The number of esters is 1. The third-order valence-electron chi connectivity index (χ3n) is 5.14. The zero-order valence-corrected chi connectivity index (χ0v) is 20.7. The third kappa shape index (κ3) is 7.77. The van der Waals surface area contributed by atoms with Crippen LogP contribution in [0.15, 0.2) is 72.8 Å². The lowest BCUT2D eigenvalue weighted by atomic mass is 10.0. The molecule has 2 N–H and O–H groups in total. The van der Waals surface area contributed by atoms with Gasteiger partial charge in [0, 0.05) is 22.8 Å². The molecule has 0 bridgehead atoms. The lowest BCUT2D eigenvalue weighted by Gasteiger charge is -2.21. The van der Waals surface area contributed by atoms with Crippen molar-refractivity contribution in [2.75, 3.05) is 5.32 Å². The van der Waals surface area contributed by atoms with Gasteiger partial charge >= 0.3 is 12.1 Å². The van der Waals surface area contributed by atoms with Crippen molar-refractivity contribution in [2.24, 2.45) is 5.92 Å². The number of alkyl carbamates (subject to hydrolysis) is 1. The van der Waals surface area contributed by atoms with Gasteiger partial charge in [0.05, 0.1) is 10.5 Å². The Morgan fingerprint density at radius 3 is 2.30 bits per heavy atom. The van der Waals surface area contributed by atoms with Crippen LogP contribution >= 0.6 is 11.6 Å². The van der Waals surface area contributed by atoms with Crippen molar-refractivity contribution < 1.29 is 28.8 Å². The molecule has 192 valence electrons. The van der Waals surface area contributed by atoms with Crippen LogP contribution in [0.4, 0.5) is 16.2 Å². The average molecular weight is 526 g/mol. The van der Waals surface area contributed by atoms with E-state index in [4.69, 9.17) is 21.1 Å².